The van der Waals surface area contributed by atoms with Crippen LogP contribution < -0.4 is 5.32 Å². The molecule has 0 aliphatic heterocycles. The van der Waals surface area contributed by atoms with Crippen LogP contribution in [0.5, 0.6) is 0 Å². The van der Waals surface area contributed by atoms with Crippen LogP contribution in [-0.4, -0.2) is 28.2 Å². The van der Waals surface area contributed by atoms with Crippen molar-refractivity contribution < 1.29 is 18.0 Å². The Kier molecular flexibility index (Phi) is 4.53. The third-order valence-electron chi connectivity index (χ3n) is 2.08. The van der Waals surface area contributed by atoms with Crippen molar-refractivity contribution in [3.63, 3.8) is 0 Å². The van der Waals surface area contributed by atoms with Gasteiger partial charge < -0.3 is 9.88 Å². The highest BCUT2D eigenvalue weighted by molar-refractivity contribution is 5.75. The van der Waals surface area contributed by atoms with E-state index in [1.165, 1.54) is 6.20 Å². The highest BCUT2D eigenvalue weighted by Gasteiger charge is 2.27. The van der Waals surface area contributed by atoms with Crippen molar-refractivity contribution in [2.75, 3.05) is 6.54 Å². The van der Waals surface area contributed by atoms with Gasteiger partial charge in [0.25, 0.3) is 0 Å². The Morgan fingerprint density at radius 2 is 2.24 bits per heavy atom. The lowest BCUT2D eigenvalue weighted by Gasteiger charge is -2.10. The van der Waals surface area contributed by atoms with E-state index in [0.29, 0.717) is 12.2 Å². The molecule has 1 heterocycles. The van der Waals surface area contributed by atoms with Gasteiger partial charge in [-0.3, -0.25) is 4.79 Å². The minimum absolute atomic E-state index is 0.134. The van der Waals surface area contributed by atoms with Gasteiger partial charge in [-0.25, -0.2) is 4.98 Å². The van der Waals surface area contributed by atoms with Crippen LogP contribution >= 0.6 is 0 Å². The minimum Gasteiger partial charge on any atom is -0.345 e. The maximum Gasteiger partial charge on any atom is 0.405 e. The van der Waals surface area contributed by atoms with Gasteiger partial charge in [-0.05, 0) is 6.42 Å². The molecular formula is C10H14F3N3O. The Hall–Kier alpha value is -1.53. The summed E-state index contributed by atoms with van der Waals surface area (Å²) in [7, 11) is 0. The van der Waals surface area contributed by atoms with E-state index in [1.54, 1.807) is 10.8 Å². The van der Waals surface area contributed by atoms with E-state index >= 15 is 0 Å². The highest BCUT2D eigenvalue weighted by atomic mass is 19.4. The van der Waals surface area contributed by atoms with E-state index in [-0.39, 0.29) is 6.54 Å². The number of hydrogen-bond acceptors (Lipinski definition) is 2. The van der Waals surface area contributed by atoms with Crippen molar-refractivity contribution in [2.45, 2.75) is 32.5 Å². The molecule has 0 atom stereocenters. The lowest BCUT2D eigenvalue weighted by Crippen LogP contribution is -2.35. The molecule has 0 unspecified atom stereocenters. The molecule has 0 saturated heterocycles. The average molecular weight is 249 g/mol. The van der Waals surface area contributed by atoms with Crippen LogP contribution in [0.4, 0.5) is 13.2 Å². The molecule has 1 amide bonds. The summed E-state index contributed by atoms with van der Waals surface area (Å²) in [5, 5.41) is 1.82. The summed E-state index contributed by atoms with van der Waals surface area (Å²) < 4.78 is 37.1. The third kappa shape index (κ3) is 4.88. The Balaban J connectivity index is 2.47. The zero-order valence-corrected chi connectivity index (χ0v) is 9.42. The number of aryl methyl sites for hydroxylation is 1. The van der Waals surface area contributed by atoms with Gasteiger partial charge in [0, 0.05) is 18.8 Å². The molecule has 1 N–H and O–H groups in total. The maximum absolute atomic E-state index is 11.9. The number of hydrogen-bond donors (Lipinski definition) is 1. The van der Waals surface area contributed by atoms with Crippen LogP contribution in [0.1, 0.15) is 19.2 Å². The fraction of sp³-hybridized carbons (Fsp3) is 0.600. The van der Waals surface area contributed by atoms with Gasteiger partial charge >= 0.3 is 6.18 Å². The van der Waals surface area contributed by atoms with Crippen LogP contribution in [0.15, 0.2) is 12.4 Å². The number of nitrogens with one attached hydrogen (secondary N) is 1. The number of alkyl halides is 3. The van der Waals surface area contributed by atoms with E-state index in [2.05, 4.69) is 4.98 Å². The topological polar surface area (TPSA) is 46.9 Å². The summed E-state index contributed by atoms with van der Waals surface area (Å²) in [5.41, 5.74) is 0. The van der Waals surface area contributed by atoms with Crippen LogP contribution in [0.3, 0.4) is 0 Å². The molecule has 17 heavy (non-hydrogen) atoms. The SMILES string of the molecule is CCCc1nccn1CC(=O)NCC(F)(F)F. The fourth-order valence-electron chi connectivity index (χ4n) is 1.35. The number of aromatic nitrogens is 2. The Bertz CT molecular complexity index is 373. The normalized spacial score (nSPS) is 11.5. The van der Waals surface area contributed by atoms with Gasteiger partial charge in [0.05, 0.1) is 0 Å². The van der Waals surface area contributed by atoms with Crippen LogP contribution in [0.2, 0.25) is 0 Å². The molecule has 96 valence electrons. The molecular weight excluding hydrogens is 235 g/mol. The molecule has 0 aromatic carbocycles. The van der Waals surface area contributed by atoms with Gasteiger partial charge in [-0.1, -0.05) is 6.92 Å². The van der Waals surface area contributed by atoms with Crippen LogP contribution in [-0.2, 0) is 17.8 Å². The van der Waals surface area contributed by atoms with Crippen LogP contribution in [0.25, 0.3) is 0 Å². The number of halogens is 3. The quantitative estimate of drug-likeness (QED) is 0.859. The number of rotatable bonds is 5. The molecule has 4 nitrogen and oxygen atoms in total. The first-order chi connectivity index (χ1) is 7.92. The summed E-state index contributed by atoms with van der Waals surface area (Å²) in [6.45, 7) is 0.526. The van der Waals surface area contributed by atoms with Gasteiger partial charge in [-0.2, -0.15) is 13.2 Å². The second-order valence-electron chi connectivity index (χ2n) is 3.61. The van der Waals surface area contributed by atoms with Gasteiger partial charge in [0.2, 0.25) is 5.91 Å². The summed E-state index contributed by atoms with van der Waals surface area (Å²) in [5.74, 6) is 0.0346. The number of amides is 1. The first kappa shape index (κ1) is 13.5. The zero-order chi connectivity index (χ0) is 12.9. The number of imidazole rings is 1. The van der Waals surface area contributed by atoms with E-state index in [0.717, 1.165) is 6.42 Å². The van der Waals surface area contributed by atoms with Gasteiger partial charge in [0.1, 0.15) is 18.9 Å². The lowest BCUT2D eigenvalue weighted by atomic mass is 10.3. The van der Waals surface area contributed by atoms with Crippen molar-refractivity contribution in [2.24, 2.45) is 0 Å². The van der Waals surface area contributed by atoms with E-state index < -0.39 is 18.6 Å². The average Bonchev–Trinajstić information content (AvgIpc) is 2.63. The predicted octanol–water partition coefficient (Wildman–Crippen LogP) is 1.51. The second-order valence-corrected chi connectivity index (χ2v) is 3.61. The summed E-state index contributed by atoms with van der Waals surface area (Å²) >= 11 is 0. The molecule has 0 radical (unpaired) electrons. The molecule has 0 spiro atoms. The van der Waals surface area contributed by atoms with Crippen molar-refractivity contribution >= 4 is 5.91 Å². The molecule has 0 bridgehead atoms. The summed E-state index contributed by atoms with van der Waals surface area (Å²) in [6, 6.07) is 0. The van der Waals surface area contributed by atoms with Crippen LogP contribution in [0, 0.1) is 0 Å². The molecule has 1 aromatic heterocycles. The third-order valence-corrected chi connectivity index (χ3v) is 2.08. The number of carbonyl (C=O) groups excluding carboxylic acids is 1. The van der Waals surface area contributed by atoms with E-state index in [4.69, 9.17) is 0 Å². The van der Waals surface area contributed by atoms with E-state index in [1.807, 2.05) is 12.2 Å². The van der Waals surface area contributed by atoms with E-state index in [9.17, 15) is 18.0 Å². The largest absolute Gasteiger partial charge is 0.405 e. The molecule has 0 fully saturated rings. The summed E-state index contributed by atoms with van der Waals surface area (Å²) in [6.07, 6.45) is 0.289. The Morgan fingerprint density at radius 3 is 2.82 bits per heavy atom. The molecule has 7 heteroatoms. The minimum atomic E-state index is -4.38. The molecule has 0 aliphatic carbocycles. The molecule has 1 rings (SSSR count). The van der Waals surface area contributed by atoms with Gasteiger partial charge in [0.15, 0.2) is 0 Å². The first-order valence-corrected chi connectivity index (χ1v) is 5.26. The maximum atomic E-state index is 11.9. The Labute approximate surface area is 96.8 Å². The zero-order valence-electron chi connectivity index (χ0n) is 9.42. The van der Waals surface area contributed by atoms with Crippen molar-refractivity contribution in [1.82, 2.24) is 14.9 Å². The van der Waals surface area contributed by atoms with Crippen molar-refractivity contribution in [3.05, 3.63) is 18.2 Å². The Morgan fingerprint density at radius 1 is 1.53 bits per heavy atom. The molecule has 1 aromatic rings. The monoisotopic (exact) mass is 249 g/mol. The fourth-order valence-corrected chi connectivity index (χ4v) is 1.35. The lowest BCUT2D eigenvalue weighted by molar-refractivity contribution is -0.138. The standard InChI is InChI=1S/C10H14F3N3O/c1-2-3-8-14-4-5-16(8)6-9(17)15-7-10(11,12)13/h4-5H,2-3,6-7H2,1H3,(H,15,17). The smallest absolute Gasteiger partial charge is 0.345 e. The highest BCUT2D eigenvalue weighted by Crippen LogP contribution is 2.12. The summed E-state index contributed by atoms with van der Waals surface area (Å²) in [4.78, 5) is 15.3. The van der Waals surface area contributed by atoms with Gasteiger partial charge in [-0.15, -0.1) is 0 Å². The number of nitrogens with zero attached hydrogens (tertiary/aromatic N) is 2. The molecule has 0 saturated carbocycles. The second kappa shape index (κ2) is 5.70. The van der Waals surface area contributed by atoms with Crippen molar-refractivity contribution in [3.8, 4) is 0 Å². The molecule has 0 aliphatic rings. The van der Waals surface area contributed by atoms with Crippen molar-refractivity contribution in [1.29, 1.82) is 0 Å². The predicted molar refractivity (Wildman–Crippen MR) is 55.3 cm³/mol. The first-order valence-electron chi connectivity index (χ1n) is 5.26. The number of carbonyl (C=O) groups is 1.